The van der Waals surface area contributed by atoms with Crippen molar-refractivity contribution in [1.82, 2.24) is 0 Å². The number of hydrogen-bond donors (Lipinski definition) is 2. The molecule has 84 valence electrons. The third kappa shape index (κ3) is 2.72. The number of nitriles is 1. The number of aromatic hydroxyl groups is 1. The Kier molecular flexibility index (Phi) is 3.86. The van der Waals surface area contributed by atoms with Gasteiger partial charge in [-0.1, -0.05) is 0 Å². The van der Waals surface area contributed by atoms with E-state index in [1.54, 1.807) is 6.92 Å². The maximum atomic E-state index is 11.5. The van der Waals surface area contributed by atoms with Crippen LogP contribution >= 0.6 is 0 Å². The molecule has 0 aliphatic rings. The highest BCUT2D eigenvalue weighted by atomic mass is 16.5. The molecular weight excluding hydrogens is 208 g/mol. The summed E-state index contributed by atoms with van der Waals surface area (Å²) in [5, 5.41) is 20.6. The molecule has 0 spiro atoms. The second-order valence-electron chi connectivity index (χ2n) is 3.21. The minimum Gasteiger partial charge on any atom is -0.506 e. The van der Waals surface area contributed by atoms with Gasteiger partial charge < -0.3 is 15.2 Å². The predicted molar refractivity (Wildman–Crippen MR) is 57.9 cm³/mol. The molecule has 1 amide bonds. The van der Waals surface area contributed by atoms with Gasteiger partial charge in [0, 0.05) is 7.11 Å². The minimum absolute atomic E-state index is 0.0874. The summed E-state index contributed by atoms with van der Waals surface area (Å²) < 4.78 is 4.82. The van der Waals surface area contributed by atoms with Crippen LogP contribution < -0.4 is 5.32 Å². The van der Waals surface area contributed by atoms with E-state index in [1.165, 1.54) is 25.3 Å². The molecule has 0 aliphatic heterocycles. The van der Waals surface area contributed by atoms with Crippen molar-refractivity contribution in [3.8, 4) is 11.8 Å². The highest BCUT2D eigenvalue weighted by Gasteiger charge is 2.13. The molecule has 2 N–H and O–H groups in total. The average Bonchev–Trinajstić information content (AvgIpc) is 2.30. The number of ether oxygens (including phenoxy) is 1. The molecule has 1 unspecified atom stereocenters. The van der Waals surface area contributed by atoms with Crippen LogP contribution in [0.4, 0.5) is 5.69 Å². The number of methoxy groups -OCH3 is 1. The van der Waals surface area contributed by atoms with E-state index in [1.807, 2.05) is 6.07 Å². The normalized spacial score (nSPS) is 11.6. The van der Waals surface area contributed by atoms with Gasteiger partial charge in [0.15, 0.2) is 0 Å². The van der Waals surface area contributed by atoms with Crippen molar-refractivity contribution in [3.05, 3.63) is 23.8 Å². The zero-order valence-electron chi connectivity index (χ0n) is 9.02. The van der Waals surface area contributed by atoms with Crippen LogP contribution in [0, 0.1) is 11.3 Å². The van der Waals surface area contributed by atoms with Crippen molar-refractivity contribution >= 4 is 11.6 Å². The van der Waals surface area contributed by atoms with Crippen molar-refractivity contribution in [2.45, 2.75) is 13.0 Å². The predicted octanol–water partition coefficient (Wildman–Crippen LogP) is 1.24. The molecule has 1 aromatic rings. The number of nitrogens with zero attached hydrogens (tertiary/aromatic N) is 1. The van der Waals surface area contributed by atoms with Gasteiger partial charge in [-0.25, -0.2) is 0 Å². The average molecular weight is 220 g/mol. The molecule has 0 bridgehead atoms. The zero-order chi connectivity index (χ0) is 12.1. The van der Waals surface area contributed by atoms with Crippen molar-refractivity contribution < 1.29 is 14.6 Å². The molecular formula is C11H12N2O3. The summed E-state index contributed by atoms with van der Waals surface area (Å²) in [7, 11) is 1.41. The Morgan fingerprint density at radius 1 is 1.62 bits per heavy atom. The SMILES string of the molecule is COC(C)C(=O)Nc1cc(C#N)ccc1O. The first-order valence-electron chi connectivity index (χ1n) is 4.65. The number of carbonyl (C=O) groups excluding carboxylic acids is 1. The lowest BCUT2D eigenvalue weighted by Gasteiger charge is -2.11. The molecule has 0 saturated heterocycles. The number of rotatable bonds is 3. The number of anilines is 1. The first kappa shape index (κ1) is 12.0. The fourth-order valence-corrected chi connectivity index (χ4v) is 1.05. The molecule has 0 fully saturated rings. The Labute approximate surface area is 93.3 Å². The van der Waals surface area contributed by atoms with E-state index < -0.39 is 6.10 Å². The fraction of sp³-hybridized carbons (Fsp3) is 0.273. The molecule has 1 rings (SSSR count). The molecule has 0 saturated carbocycles. The fourth-order valence-electron chi connectivity index (χ4n) is 1.05. The molecule has 5 heteroatoms. The minimum atomic E-state index is -0.620. The molecule has 0 aromatic heterocycles. The van der Waals surface area contributed by atoms with Crippen LogP contribution in [0.25, 0.3) is 0 Å². The Morgan fingerprint density at radius 3 is 2.88 bits per heavy atom. The Bertz CT molecular complexity index is 437. The van der Waals surface area contributed by atoms with E-state index in [-0.39, 0.29) is 17.3 Å². The smallest absolute Gasteiger partial charge is 0.253 e. The molecule has 0 heterocycles. The van der Waals surface area contributed by atoms with E-state index in [0.29, 0.717) is 5.56 Å². The van der Waals surface area contributed by atoms with Gasteiger partial charge in [-0.15, -0.1) is 0 Å². The van der Waals surface area contributed by atoms with Crippen molar-refractivity contribution in [2.24, 2.45) is 0 Å². The van der Waals surface area contributed by atoms with Crippen LogP contribution in [0.2, 0.25) is 0 Å². The molecule has 1 aromatic carbocycles. The van der Waals surface area contributed by atoms with Crippen LogP contribution in [-0.2, 0) is 9.53 Å². The number of amides is 1. The number of nitrogens with one attached hydrogen (secondary N) is 1. The lowest BCUT2D eigenvalue weighted by atomic mass is 10.2. The molecule has 5 nitrogen and oxygen atoms in total. The lowest BCUT2D eigenvalue weighted by Crippen LogP contribution is -2.26. The van der Waals surface area contributed by atoms with Gasteiger partial charge in [0.05, 0.1) is 17.3 Å². The summed E-state index contributed by atoms with van der Waals surface area (Å²) in [6.45, 7) is 1.58. The number of hydrogen-bond acceptors (Lipinski definition) is 4. The topological polar surface area (TPSA) is 82.3 Å². The highest BCUT2D eigenvalue weighted by Crippen LogP contribution is 2.24. The van der Waals surface area contributed by atoms with Crippen LogP contribution in [0.5, 0.6) is 5.75 Å². The lowest BCUT2D eigenvalue weighted by molar-refractivity contribution is -0.124. The van der Waals surface area contributed by atoms with Gasteiger partial charge in [0.25, 0.3) is 5.91 Å². The molecule has 0 radical (unpaired) electrons. The summed E-state index contributed by atoms with van der Waals surface area (Å²) in [4.78, 5) is 11.5. The van der Waals surface area contributed by atoms with Crippen LogP contribution in [0.15, 0.2) is 18.2 Å². The monoisotopic (exact) mass is 220 g/mol. The standard InChI is InChI=1S/C11H12N2O3/c1-7(16-2)11(15)13-9-5-8(6-12)3-4-10(9)14/h3-5,7,14H,1-2H3,(H,13,15). The zero-order valence-corrected chi connectivity index (χ0v) is 9.02. The first-order valence-corrected chi connectivity index (χ1v) is 4.65. The summed E-state index contributed by atoms with van der Waals surface area (Å²) in [5.74, 6) is -0.469. The van der Waals surface area contributed by atoms with E-state index in [2.05, 4.69) is 5.32 Å². The Morgan fingerprint density at radius 2 is 2.31 bits per heavy atom. The van der Waals surface area contributed by atoms with Crippen molar-refractivity contribution in [2.75, 3.05) is 12.4 Å². The second-order valence-corrected chi connectivity index (χ2v) is 3.21. The highest BCUT2D eigenvalue weighted by molar-refractivity contribution is 5.95. The number of phenols is 1. The third-order valence-corrected chi connectivity index (χ3v) is 2.11. The third-order valence-electron chi connectivity index (χ3n) is 2.11. The maximum Gasteiger partial charge on any atom is 0.253 e. The van der Waals surface area contributed by atoms with Gasteiger partial charge in [-0.05, 0) is 25.1 Å². The van der Waals surface area contributed by atoms with E-state index >= 15 is 0 Å². The van der Waals surface area contributed by atoms with Crippen molar-refractivity contribution in [3.63, 3.8) is 0 Å². The van der Waals surface area contributed by atoms with Crippen LogP contribution in [-0.4, -0.2) is 24.2 Å². The van der Waals surface area contributed by atoms with Gasteiger partial charge >= 0.3 is 0 Å². The molecule has 0 aliphatic carbocycles. The van der Waals surface area contributed by atoms with E-state index in [9.17, 15) is 9.90 Å². The quantitative estimate of drug-likeness (QED) is 0.751. The van der Waals surface area contributed by atoms with Gasteiger partial charge in [0.2, 0.25) is 0 Å². The van der Waals surface area contributed by atoms with Crippen LogP contribution in [0.3, 0.4) is 0 Å². The van der Waals surface area contributed by atoms with E-state index in [0.717, 1.165) is 0 Å². The van der Waals surface area contributed by atoms with Gasteiger partial charge in [-0.2, -0.15) is 5.26 Å². The van der Waals surface area contributed by atoms with Gasteiger partial charge in [0.1, 0.15) is 11.9 Å². The molecule has 1 atom stereocenters. The largest absolute Gasteiger partial charge is 0.506 e. The number of phenolic OH excluding ortho intramolecular Hbond substituents is 1. The number of benzene rings is 1. The summed E-state index contributed by atoms with van der Waals surface area (Å²) >= 11 is 0. The van der Waals surface area contributed by atoms with Crippen molar-refractivity contribution in [1.29, 1.82) is 5.26 Å². The van der Waals surface area contributed by atoms with E-state index in [4.69, 9.17) is 10.00 Å². The Balaban J connectivity index is 2.89. The van der Waals surface area contributed by atoms with Crippen LogP contribution in [0.1, 0.15) is 12.5 Å². The summed E-state index contributed by atoms with van der Waals surface area (Å²) in [5.41, 5.74) is 0.561. The number of carbonyl (C=O) groups is 1. The summed E-state index contributed by atoms with van der Waals surface area (Å²) in [6, 6.07) is 6.13. The summed E-state index contributed by atoms with van der Waals surface area (Å²) in [6.07, 6.45) is -0.620. The maximum absolute atomic E-state index is 11.5. The Hall–Kier alpha value is -2.06. The van der Waals surface area contributed by atoms with Gasteiger partial charge in [-0.3, -0.25) is 4.79 Å². The molecule has 16 heavy (non-hydrogen) atoms. The second kappa shape index (κ2) is 5.14. The first-order chi connectivity index (χ1) is 7.58.